The molecule has 0 radical (unpaired) electrons. The molecule has 0 spiro atoms. The largest absolute Gasteiger partial charge is 0.276 e. The Bertz CT molecular complexity index is 765. The van der Waals surface area contributed by atoms with Crippen LogP contribution in [0.1, 0.15) is 17.2 Å². The van der Waals surface area contributed by atoms with Crippen molar-refractivity contribution in [2.24, 2.45) is 5.92 Å². The maximum atomic E-state index is 12.9. The standard InChI is InChI=1S/C18H18N4O2/c1-21-16-14(15(20-21)13-8-5-9-19-10-13)17(23)22(18(16)24)11-12-6-3-2-4-7-12/h2-10,14-16,20H,11H2,1H3/t14-,15+,16-/m1/s1. The summed E-state index contributed by atoms with van der Waals surface area (Å²) in [6.07, 6.45) is 3.44. The molecule has 2 aromatic rings. The molecule has 2 amide bonds. The van der Waals surface area contributed by atoms with Gasteiger partial charge in [0.15, 0.2) is 0 Å². The third kappa shape index (κ3) is 2.31. The van der Waals surface area contributed by atoms with Crippen molar-refractivity contribution in [2.45, 2.75) is 18.6 Å². The molecular weight excluding hydrogens is 304 g/mol. The van der Waals surface area contributed by atoms with Gasteiger partial charge in [0, 0.05) is 19.4 Å². The molecule has 3 heterocycles. The van der Waals surface area contributed by atoms with E-state index < -0.39 is 12.0 Å². The highest BCUT2D eigenvalue weighted by Gasteiger charge is 2.57. The first-order valence-electron chi connectivity index (χ1n) is 7.95. The highest BCUT2D eigenvalue weighted by atomic mass is 16.2. The number of carbonyl (C=O) groups is 2. The summed E-state index contributed by atoms with van der Waals surface area (Å²) in [7, 11) is 1.81. The first kappa shape index (κ1) is 15.0. The zero-order valence-electron chi connectivity index (χ0n) is 13.3. The second-order valence-corrected chi connectivity index (χ2v) is 6.22. The lowest BCUT2D eigenvalue weighted by Crippen LogP contribution is -2.42. The zero-order chi connectivity index (χ0) is 16.7. The molecule has 0 aliphatic carbocycles. The summed E-state index contributed by atoms with van der Waals surface area (Å²) >= 11 is 0. The lowest BCUT2D eigenvalue weighted by atomic mass is 9.92. The maximum Gasteiger partial charge on any atom is 0.249 e. The molecule has 0 unspecified atom stereocenters. The van der Waals surface area contributed by atoms with E-state index in [9.17, 15) is 9.59 Å². The molecule has 1 aromatic heterocycles. The predicted octanol–water partition coefficient (Wildman–Crippen LogP) is 1.13. The number of aromatic nitrogens is 1. The van der Waals surface area contributed by atoms with Crippen LogP contribution in [0.5, 0.6) is 0 Å². The first-order valence-corrected chi connectivity index (χ1v) is 7.95. The summed E-state index contributed by atoms with van der Waals surface area (Å²) in [5, 5.41) is 1.76. The summed E-state index contributed by atoms with van der Waals surface area (Å²) < 4.78 is 0. The van der Waals surface area contributed by atoms with Crippen molar-refractivity contribution < 1.29 is 9.59 Å². The van der Waals surface area contributed by atoms with E-state index >= 15 is 0 Å². The molecule has 24 heavy (non-hydrogen) atoms. The first-order chi connectivity index (χ1) is 11.7. The minimum Gasteiger partial charge on any atom is -0.276 e. The number of amides is 2. The Labute approximate surface area is 140 Å². The summed E-state index contributed by atoms with van der Waals surface area (Å²) in [4.78, 5) is 31.3. The fourth-order valence-electron chi connectivity index (χ4n) is 3.61. The van der Waals surface area contributed by atoms with Crippen LogP contribution in [0.2, 0.25) is 0 Å². The molecule has 3 atom stereocenters. The van der Waals surface area contributed by atoms with Gasteiger partial charge in [0.2, 0.25) is 11.8 Å². The van der Waals surface area contributed by atoms with Gasteiger partial charge in [-0.15, -0.1) is 0 Å². The maximum absolute atomic E-state index is 12.9. The summed E-state index contributed by atoms with van der Waals surface area (Å²) in [6.45, 7) is 0.319. The molecule has 1 N–H and O–H groups in total. The number of imide groups is 1. The number of likely N-dealkylation sites (N-methyl/N-ethyl adjacent to an activating group) is 1. The second kappa shape index (κ2) is 5.81. The van der Waals surface area contributed by atoms with Gasteiger partial charge in [0.1, 0.15) is 6.04 Å². The van der Waals surface area contributed by atoms with Crippen molar-refractivity contribution in [2.75, 3.05) is 7.05 Å². The zero-order valence-corrected chi connectivity index (χ0v) is 13.3. The smallest absolute Gasteiger partial charge is 0.249 e. The van der Waals surface area contributed by atoms with Crippen molar-refractivity contribution in [3.05, 3.63) is 66.0 Å². The summed E-state index contributed by atoms with van der Waals surface area (Å²) in [5.74, 6) is -0.690. The van der Waals surface area contributed by atoms with Crippen molar-refractivity contribution in [1.82, 2.24) is 20.3 Å². The number of hydrogen-bond donors (Lipinski definition) is 1. The Morgan fingerprint density at radius 1 is 1.08 bits per heavy atom. The van der Waals surface area contributed by atoms with Crippen LogP contribution in [-0.4, -0.2) is 39.8 Å². The summed E-state index contributed by atoms with van der Waals surface area (Å²) in [5.41, 5.74) is 5.11. The molecule has 0 saturated carbocycles. The third-order valence-corrected chi connectivity index (χ3v) is 4.76. The molecule has 6 nitrogen and oxygen atoms in total. The Hall–Kier alpha value is -2.57. The molecule has 4 rings (SSSR count). The number of likely N-dealkylation sites (tertiary alicyclic amines) is 1. The minimum absolute atomic E-state index is 0.125. The van der Waals surface area contributed by atoms with Crippen LogP contribution in [0.4, 0.5) is 0 Å². The van der Waals surface area contributed by atoms with Crippen LogP contribution in [0.15, 0.2) is 54.9 Å². The fourth-order valence-corrected chi connectivity index (χ4v) is 3.61. The van der Waals surface area contributed by atoms with Gasteiger partial charge in [-0.1, -0.05) is 36.4 Å². The van der Waals surface area contributed by atoms with Crippen LogP contribution in [0, 0.1) is 5.92 Å². The Morgan fingerprint density at radius 2 is 1.88 bits per heavy atom. The predicted molar refractivity (Wildman–Crippen MR) is 87.2 cm³/mol. The number of nitrogens with zero attached hydrogens (tertiary/aromatic N) is 3. The number of rotatable bonds is 3. The van der Waals surface area contributed by atoms with Gasteiger partial charge in [-0.2, -0.15) is 0 Å². The van der Waals surface area contributed by atoms with Gasteiger partial charge in [-0.3, -0.25) is 19.5 Å². The van der Waals surface area contributed by atoms with E-state index in [1.54, 1.807) is 17.4 Å². The van der Waals surface area contributed by atoms with Crippen LogP contribution >= 0.6 is 0 Å². The van der Waals surface area contributed by atoms with E-state index in [1.165, 1.54) is 4.90 Å². The third-order valence-electron chi connectivity index (χ3n) is 4.76. The highest BCUT2D eigenvalue weighted by molar-refractivity contribution is 6.07. The van der Waals surface area contributed by atoms with E-state index in [-0.39, 0.29) is 17.9 Å². The number of benzene rings is 1. The van der Waals surface area contributed by atoms with Crippen LogP contribution < -0.4 is 5.43 Å². The van der Waals surface area contributed by atoms with Crippen molar-refractivity contribution >= 4 is 11.8 Å². The number of hydrazine groups is 1. The van der Waals surface area contributed by atoms with Crippen molar-refractivity contribution in [1.29, 1.82) is 0 Å². The van der Waals surface area contributed by atoms with E-state index in [1.807, 2.05) is 49.5 Å². The monoisotopic (exact) mass is 322 g/mol. The van der Waals surface area contributed by atoms with Gasteiger partial charge in [-0.25, -0.2) is 10.4 Å². The average molecular weight is 322 g/mol. The molecule has 0 bridgehead atoms. The fraction of sp³-hybridized carbons (Fsp3) is 0.278. The van der Waals surface area contributed by atoms with Crippen molar-refractivity contribution in [3.63, 3.8) is 0 Å². The topological polar surface area (TPSA) is 65.5 Å². The molecule has 2 aliphatic rings. The number of pyridine rings is 1. The van der Waals surface area contributed by atoms with Crippen LogP contribution in [0.25, 0.3) is 0 Å². The molecule has 122 valence electrons. The Balaban J connectivity index is 1.64. The minimum atomic E-state index is -0.466. The Kier molecular flexibility index (Phi) is 3.63. The van der Waals surface area contributed by atoms with E-state index in [4.69, 9.17) is 0 Å². The van der Waals surface area contributed by atoms with E-state index in [0.29, 0.717) is 6.54 Å². The lowest BCUT2D eigenvalue weighted by Gasteiger charge is -2.22. The quantitative estimate of drug-likeness (QED) is 0.858. The normalized spacial score (nSPS) is 26.9. The van der Waals surface area contributed by atoms with E-state index in [2.05, 4.69) is 10.4 Å². The molecule has 1 aromatic carbocycles. The second-order valence-electron chi connectivity index (χ2n) is 6.22. The van der Waals surface area contributed by atoms with E-state index in [0.717, 1.165) is 11.1 Å². The molecule has 2 fully saturated rings. The highest BCUT2D eigenvalue weighted by Crippen LogP contribution is 2.39. The molecule has 6 heteroatoms. The van der Waals surface area contributed by atoms with Gasteiger partial charge >= 0.3 is 0 Å². The summed E-state index contributed by atoms with van der Waals surface area (Å²) in [6, 6.07) is 12.7. The van der Waals surface area contributed by atoms with Gasteiger partial charge in [0.25, 0.3) is 0 Å². The lowest BCUT2D eigenvalue weighted by molar-refractivity contribution is -0.142. The van der Waals surface area contributed by atoms with Crippen molar-refractivity contribution in [3.8, 4) is 0 Å². The van der Waals surface area contributed by atoms with Gasteiger partial charge in [-0.05, 0) is 17.2 Å². The Morgan fingerprint density at radius 3 is 2.58 bits per heavy atom. The molecule has 2 aliphatic heterocycles. The average Bonchev–Trinajstić information content (AvgIpc) is 3.08. The number of hydrogen-bond acceptors (Lipinski definition) is 5. The number of fused-ring (bicyclic) bond motifs is 1. The molecular formula is C18H18N4O2. The molecule has 2 saturated heterocycles. The van der Waals surface area contributed by atoms with Gasteiger partial charge in [0.05, 0.1) is 18.5 Å². The van der Waals surface area contributed by atoms with Gasteiger partial charge < -0.3 is 0 Å². The number of nitrogens with one attached hydrogen (secondary N) is 1. The SMILES string of the molecule is CN1N[C@@H](c2cccnc2)[C@H]2C(=O)N(Cc3ccccc3)C(=O)[C@@H]21. The van der Waals surface area contributed by atoms with Crippen LogP contribution in [-0.2, 0) is 16.1 Å². The number of carbonyl (C=O) groups excluding carboxylic acids is 2. The van der Waals surface area contributed by atoms with Crippen LogP contribution in [0.3, 0.4) is 0 Å².